The maximum Gasteiger partial charge on any atom is 0.217 e. The van der Waals surface area contributed by atoms with Crippen molar-refractivity contribution < 1.29 is 14.7 Å². The number of aliphatic hydroxyl groups is 1. The van der Waals surface area contributed by atoms with Gasteiger partial charge in [0, 0.05) is 13.3 Å². The third kappa shape index (κ3) is 4.85. The van der Waals surface area contributed by atoms with Gasteiger partial charge in [-0.1, -0.05) is 0 Å². The zero-order valence-electron chi connectivity index (χ0n) is 7.63. The average molecular weight is 173 g/mol. The van der Waals surface area contributed by atoms with Crippen molar-refractivity contribution in [2.24, 2.45) is 0 Å². The Balaban J connectivity index is 4.04. The summed E-state index contributed by atoms with van der Waals surface area (Å²) in [6, 6.07) is -0.553. The molecule has 4 heteroatoms. The van der Waals surface area contributed by atoms with Crippen LogP contribution < -0.4 is 5.32 Å². The lowest BCUT2D eigenvalue weighted by molar-refractivity contribution is -0.126. The van der Waals surface area contributed by atoms with Crippen LogP contribution in [0.25, 0.3) is 0 Å². The lowest BCUT2D eigenvalue weighted by Crippen LogP contribution is -2.40. The molecule has 0 radical (unpaired) electrons. The van der Waals surface area contributed by atoms with Gasteiger partial charge < -0.3 is 10.4 Å². The predicted octanol–water partition coefficient (Wildman–Crippen LogP) is -0.149. The van der Waals surface area contributed by atoms with Crippen molar-refractivity contribution in [3.8, 4) is 0 Å². The van der Waals surface area contributed by atoms with Crippen molar-refractivity contribution >= 4 is 11.7 Å². The van der Waals surface area contributed by atoms with Crippen LogP contribution in [0.5, 0.6) is 0 Å². The van der Waals surface area contributed by atoms with Gasteiger partial charge in [-0.25, -0.2) is 0 Å². The van der Waals surface area contributed by atoms with E-state index in [-0.39, 0.29) is 18.1 Å². The number of rotatable bonds is 4. The molecule has 0 aliphatic heterocycles. The normalized spacial score (nSPS) is 15.0. The van der Waals surface area contributed by atoms with E-state index in [0.717, 1.165) is 0 Å². The first kappa shape index (κ1) is 11.1. The Labute approximate surface area is 72.0 Å². The Bertz CT molecular complexity index is 177. The first-order valence-corrected chi connectivity index (χ1v) is 3.89. The molecule has 0 saturated heterocycles. The molecule has 0 bridgehead atoms. The monoisotopic (exact) mass is 173 g/mol. The van der Waals surface area contributed by atoms with E-state index in [1.54, 1.807) is 6.92 Å². The second-order valence-electron chi connectivity index (χ2n) is 2.95. The molecule has 0 aromatic carbocycles. The Morgan fingerprint density at radius 3 is 2.17 bits per heavy atom. The Morgan fingerprint density at radius 2 is 1.92 bits per heavy atom. The van der Waals surface area contributed by atoms with Crippen molar-refractivity contribution in [2.75, 3.05) is 0 Å². The first-order valence-electron chi connectivity index (χ1n) is 3.89. The van der Waals surface area contributed by atoms with Crippen LogP contribution in [0.15, 0.2) is 0 Å². The van der Waals surface area contributed by atoms with Crippen LogP contribution in [-0.2, 0) is 9.59 Å². The van der Waals surface area contributed by atoms with Crippen LogP contribution in [0.3, 0.4) is 0 Å². The van der Waals surface area contributed by atoms with Gasteiger partial charge in [-0.2, -0.15) is 0 Å². The van der Waals surface area contributed by atoms with Crippen molar-refractivity contribution in [1.82, 2.24) is 5.32 Å². The van der Waals surface area contributed by atoms with E-state index in [2.05, 4.69) is 5.32 Å². The summed E-state index contributed by atoms with van der Waals surface area (Å²) in [7, 11) is 0. The lowest BCUT2D eigenvalue weighted by atomic mass is 10.1. The zero-order chi connectivity index (χ0) is 9.72. The molecule has 12 heavy (non-hydrogen) atoms. The lowest BCUT2D eigenvalue weighted by Gasteiger charge is -2.15. The topological polar surface area (TPSA) is 66.4 Å². The third-order valence-electron chi connectivity index (χ3n) is 1.45. The molecular weight excluding hydrogens is 158 g/mol. The molecule has 0 aliphatic carbocycles. The number of hydrogen-bond donors (Lipinski definition) is 2. The van der Waals surface area contributed by atoms with E-state index in [1.165, 1.54) is 13.8 Å². The quantitative estimate of drug-likeness (QED) is 0.621. The number of carbonyl (C=O) groups is 2. The summed E-state index contributed by atoms with van der Waals surface area (Å²) in [5.74, 6) is -0.387. The highest BCUT2D eigenvalue weighted by Gasteiger charge is 2.16. The number of nitrogens with one attached hydrogen (secondary N) is 1. The SMILES string of the molecule is CC(=O)NC(CC(C)O)C(C)=O. The van der Waals surface area contributed by atoms with E-state index in [1.807, 2.05) is 0 Å². The fourth-order valence-electron chi connectivity index (χ4n) is 0.913. The molecule has 0 saturated carbocycles. The van der Waals surface area contributed by atoms with Crippen LogP contribution in [0.1, 0.15) is 27.2 Å². The maximum absolute atomic E-state index is 10.9. The van der Waals surface area contributed by atoms with Gasteiger partial charge in [0.1, 0.15) is 0 Å². The van der Waals surface area contributed by atoms with Gasteiger partial charge in [0.2, 0.25) is 5.91 Å². The summed E-state index contributed by atoms with van der Waals surface area (Å²) in [5.41, 5.74) is 0. The van der Waals surface area contributed by atoms with Crippen LogP contribution in [0.4, 0.5) is 0 Å². The standard InChI is InChI=1S/C8H15NO3/c1-5(10)4-8(6(2)11)9-7(3)12/h5,8,10H,4H2,1-3H3,(H,9,12). The fraction of sp³-hybridized carbons (Fsp3) is 0.750. The molecule has 0 aromatic rings. The smallest absolute Gasteiger partial charge is 0.217 e. The molecular formula is C8H15NO3. The Kier molecular flexibility index (Phi) is 4.51. The van der Waals surface area contributed by atoms with Crippen molar-refractivity contribution in [3.63, 3.8) is 0 Å². The number of aliphatic hydroxyl groups excluding tert-OH is 1. The summed E-state index contributed by atoms with van der Waals surface area (Å²) in [6.07, 6.45) is -0.305. The first-order chi connectivity index (χ1) is 5.43. The van der Waals surface area contributed by atoms with Crippen molar-refractivity contribution in [3.05, 3.63) is 0 Å². The number of carbonyl (C=O) groups excluding carboxylic acids is 2. The summed E-state index contributed by atoms with van der Waals surface area (Å²) in [6.45, 7) is 4.32. The van der Waals surface area contributed by atoms with Crippen LogP contribution >= 0.6 is 0 Å². The predicted molar refractivity (Wildman–Crippen MR) is 44.6 cm³/mol. The minimum atomic E-state index is -0.578. The third-order valence-corrected chi connectivity index (χ3v) is 1.45. The zero-order valence-corrected chi connectivity index (χ0v) is 7.63. The molecule has 2 N–H and O–H groups in total. The fourth-order valence-corrected chi connectivity index (χ4v) is 0.913. The van der Waals surface area contributed by atoms with Crippen molar-refractivity contribution in [2.45, 2.75) is 39.3 Å². The molecule has 1 amide bonds. The highest BCUT2D eigenvalue weighted by atomic mass is 16.3. The number of hydrogen-bond acceptors (Lipinski definition) is 3. The second kappa shape index (κ2) is 4.87. The van der Waals surface area contributed by atoms with Gasteiger partial charge in [0.15, 0.2) is 5.78 Å². The minimum absolute atomic E-state index is 0.133. The van der Waals surface area contributed by atoms with Gasteiger partial charge in [-0.3, -0.25) is 9.59 Å². The molecule has 2 atom stereocenters. The molecule has 0 aliphatic rings. The second-order valence-corrected chi connectivity index (χ2v) is 2.95. The van der Waals surface area contributed by atoms with Gasteiger partial charge in [0.05, 0.1) is 12.1 Å². The van der Waals surface area contributed by atoms with Gasteiger partial charge in [-0.15, -0.1) is 0 Å². The van der Waals surface area contributed by atoms with E-state index >= 15 is 0 Å². The molecule has 0 spiro atoms. The largest absolute Gasteiger partial charge is 0.393 e. The number of Topliss-reactive ketones (excluding diaryl/α,β-unsaturated/α-hetero) is 1. The molecule has 0 aromatic heterocycles. The number of ketones is 1. The molecule has 2 unspecified atom stereocenters. The van der Waals surface area contributed by atoms with Gasteiger partial charge in [0.25, 0.3) is 0 Å². The Hall–Kier alpha value is -0.900. The van der Waals surface area contributed by atoms with Crippen molar-refractivity contribution in [1.29, 1.82) is 0 Å². The van der Waals surface area contributed by atoms with E-state index in [4.69, 9.17) is 5.11 Å². The van der Waals surface area contributed by atoms with E-state index < -0.39 is 12.1 Å². The summed E-state index contributed by atoms with van der Waals surface area (Å²) in [4.78, 5) is 21.5. The number of amides is 1. The minimum Gasteiger partial charge on any atom is -0.393 e. The molecule has 0 rings (SSSR count). The van der Waals surface area contributed by atoms with Crippen LogP contribution in [-0.4, -0.2) is 28.9 Å². The molecule has 0 fully saturated rings. The summed E-state index contributed by atoms with van der Waals surface area (Å²) >= 11 is 0. The Morgan fingerprint density at radius 1 is 1.42 bits per heavy atom. The van der Waals surface area contributed by atoms with Crippen LogP contribution in [0, 0.1) is 0 Å². The summed E-state index contributed by atoms with van der Waals surface area (Å²) < 4.78 is 0. The highest BCUT2D eigenvalue weighted by molar-refractivity contribution is 5.86. The van der Waals surface area contributed by atoms with Crippen LogP contribution in [0.2, 0.25) is 0 Å². The maximum atomic E-state index is 10.9. The molecule has 0 heterocycles. The van der Waals surface area contributed by atoms with Gasteiger partial charge >= 0.3 is 0 Å². The van der Waals surface area contributed by atoms with Gasteiger partial charge in [-0.05, 0) is 13.8 Å². The average Bonchev–Trinajstić information content (AvgIpc) is 1.83. The van der Waals surface area contributed by atoms with E-state index in [9.17, 15) is 9.59 Å². The highest BCUT2D eigenvalue weighted by Crippen LogP contribution is 1.98. The molecule has 4 nitrogen and oxygen atoms in total. The van der Waals surface area contributed by atoms with E-state index in [0.29, 0.717) is 0 Å². The summed E-state index contributed by atoms with van der Waals surface area (Å²) in [5, 5.41) is 11.4. The molecule has 70 valence electrons.